The molecule has 0 fully saturated rings. The number of aliphatic hydroxyl groups is 1. The van der Waals surface area contributed by atoms with Crippen LogP contribution in [0.3, 0.4) is 0 Å². The summed E-state index contributed by atoms with van der Waals surface area (Å²) in [5.74, 6) is 0.207. The molecule has 0 aliphatic carbocycles. The molecule has 0 spiro atoms. The molecule has 0 unspecified atom stereocenters. The van der Waals surface area contributed by atoms with Crippen LogP contribution in [0.1, 0.15) is 36.6 Å². The summed E-state index contributed by atoms with van der Waals surface area (Å²) in [6.45, 7) is 5.70. The molecule has 0 bridgehead atoms. The minimum atomic E-state index is -1.10. The molecule has 168 valence electrons. The zero-order valence-electron chi connectivity index (χ0n) is 18.0. The second-order valence-corrected chi connectivity index (χ2v) is 8.84. The van der Waals surface area contributed by atoms with Crippen molar-refractivity contribution in [2.24, 2.45) is 0 Å². The second kappa shape index (κ2) is 8.56. The fourth-order valence-corrected chi connectivity index (χ4v) is 4.09. The number of pyridine rings is 1. The molecule has 0 saturated heterocycles. The van der Waals surface area contributed by atoms with E-state index in [-0.39, 0.29) is 5.82 Å². The van der Waals surface area contributed by atoms with Crippen LogP contribution in [-0.4, -0.2) is 34.4 Å². The molecule has 0 radical (unpaired) electrons. The minimum Gasteiger partial charge on any atom is -0.485 e. The van der Waals surface area contributed by atoms with Crippen molar-refractivity contribution in [1.29, 1.82) is 0 Å². The fraction of sp³-hybridized carbons (Fsp3) is 0.333. The number of hydrogen-bond acceptors (Lipinski definition) is 5. The summed E-state index contributed by atoms with van der Waals surface area (Å²) in [5, 5.41) is 14.8. The monoisotopic (exact) mass is 458 g/mol. The summed E-state index contributed by atoms with van der Waals surface area (Å²) in [6.07, 6.45) is -2.21. The minimum absolute atomic E-state index is 0.300. The smallest absolute Gasteiger partial charge is 0.407 e. The van der Waals surface area contributed by atoms with Gasteiger partial charge in [0.05, 0.1) is 5.52 Å². The highest BCUT2D eigenvalue weighted by molar-refractivity contribution is 6.29. The number of ether oxygens (including phenoxy) is 2. The number of alkyl carbamates (subject to hydrolysis) is 1. The van der Waals surface area contributed by atoms with Crippen LogP contribution in [-0.2, 0) is 11.2 Å². The molecule has 8 heteroatoms. The van der Waals surface area contributed by atoms with E-state index in [0.29, 0.717) is 34.9 Å². The normalized spacial score (nSPS) is 19.2. The Morgan fingerprint density at radius 1 is 1.28 bits per heavy atom. The molecule has 2 aromatic carbocycles. The summed E-state index contributed by atoms with van der Waals surface area (Å²) < 4.78 is 24.7. The van der Waals surface area contributed by atoms with E-state index in [1.807, 2.05) is 13.0 Å². The van der Waals surface area contributed by atoms with Crippen molar-refractivity contribution in [2.75, 3.05) is 6.54 Å². The zero-order valence-corrected chi connectivity index (χ0v) is 18.7. The number of carbonyl (C=O) groups excluding carboxylic acids is 1. The predicted molar refractivity (Wildman–Crippen MR) is 120 cm³/mol. The highest BCUT2D eigenvalue weighted by Gasteiger charge is 2.45. The third-order valence-electron chi connectivity index (χ3n) is 5.62. The number of nitrogens with one attached hydrogen (secondary N) is 1. The first-order valence-electron chi connectivity index (χ1n) is 10.3. The van der Waals surface area contributed by atoms with Crippen molar-refractivity contribution in [3.63, 3.8) is 0 Å². The van der Waals surface area contributed by atoms with Gasteiger partial charge in [-0.15, -0.1) is 0 Å². The van der Waals surface area contributed by atoms with E-state index in [0.717, 1.165) is 16.5 Å². The van der Waals surface area contributed by atoms with E-state index < -0.39 is 23.9 Å². The van der Waals surface area contributed by atoms with Crippen molar-refractivity contribution in [3.8, 4) is 5.75 Å². The van der Waals surface area contributed by atoms with Crippen LogP contribution < -0.4 is 10.1 Å². The van der Waals surface area contributed by atoms with Gasteiger partial charge in [-0.1, -0.05) is 23.7 Å². The number of aliphatic hydroxyl groups excluding tert-OH is 1. The molecule has 1 amide bonds. The largest absolute Gasteiger partial charge is 0.485 e. The average molecular weight is 459 g/mol. The molecule has 4 rings (SSSR count). The van der Waals surface area contributed by atoms with Gasteiger partial charge in [0.1, 0.15) is 28.4 Å². The Balaban J connectivity index is 1.55. The standard InChI is InChI=1S/C24H24ClFN2O4/c1-13-10-20(25)28-18-11-17-19(12-16(13)18)32-24(2,3)22(29)21(17)31-23(30)27-9-8-14-4-6-15(26)7-5-14/h4-7,10-12,21-22,29H,8-9H2,1-3H3,(H,27,30)/t21-,22+/m0/s1. The van der Waals surface area contributed by atoms with E-state index in [4.69, 9.17) is 21.1 Å². The van der Waals surface area contributed by atoms with E-state index in [2.05, 4.69) is 10.3 Å². The summed E-state index contributed by atoms with van der Waals surface area (Å²) in [6, 6.07) is 11.4. The Kier molecular flexibility index (Phi) is 5.97. The fourth-order valence-electron chi connectivity index (χ4n) is 3.83. The molecular weight excluding hydrogens is 435 g/mol. The number of carbonyl (C=O) groups is 1. The van der Waals surface area contributed by atoms with Gasteiger partial charge in [0, 0.05) is 17.5 Å². The van der Waals surface area contributed by atoms with E-state index in [9.17, 15) is 14.3 Å². The predicted octanol–water partition coefficient (Wildman–Crippen LogP) is 4.88. The van der Waals surface area contributed by atoms with Crippen LogP contribution in [0.5, 0.6) is 5.75 Å². The number of aromatic nitrogens is 1. The van der Waals surface area contributed by atoms with E-state index >= 15 is 0 Å². The van der Waals surface area contributed by atoms with Crippen molar-refractivity contribution in [1.82, 2.24) is 10.3 Å². The Bertz CT molecular complexity index is 1170. The quantitative estimate of drug-likeness (QED) is 0.545. The Labute approximate surface area is 190 Å². The van der Waals surface area contributed by atoms with Crippen LogP contribution in [0.25, 0.3) is 10.9 Å². The molecule has 32 heavy (non-hydrogen) atoms. The Morgan fingerprint density at radius 3 is 2.72 bits per heavy atom. The molecule has 1 aliphatic heterocycles. The Morgan fingerprint density at radius 2 is 2.00 bits per heavy atom. The van der Waals surface area contributed by atoms with E-state index in [1.165, 1.54) is 12.1 Å². The van der Waals surface area contributed by atoms with Gasteiger partial charge in [-0.2, -0.15) is 0 Å². The van der Waals surface area contributed by atoms with Crippen LogP contribution in [0.15, 0.2) is 42.5 Å². The van der Waals surface area contributed by atoms with E-state index in [1.54, 1.807) is 38.1 Å². The van der Waals surface area contributed by atoms with Crippen molar-refractivity contribution in [2.45, 2.75) is 45.0 Å². The lowest BCUT2D eigenvalue weighted by Gasteiger charge is -2.41. The third-order valence-corrected chi connectivity index (χ3v) is 5.82. The number of halogens is 2. The molecule has 1 aromatic heterocycles. The van der Waals surface area contributed by atoms with Gasteiger partial charge in [0.25, 0.3) is 0 Å². The lowest BCUT2D eigenvalue weighted by atomic mass is 9.87. The summed E-state index contributed by atoms with van der Waals surface area (Å²) in [7, 11) is 0. The van der Waals surface area contributed by atoms with Crippen LogP contribution in [0.4, 0.5) is 9.18 Å². The van der Waals surface area contributed by atoms with Crippen molar-refractivity contribution >= 4 is 28.6 Å². The molecule has 2 N–H and O–H groups in total. The topological polar surface area (TPSA) is 80.7 Å². The van der Waals surface area contributed by atoms with Gasteiger partial charge >= 0.3 is 6.09 Å². The maximum Gasteiger partial charge on any atom is 0.407 e. The summed E-state index contributed by atoms with van der Waals surface area (Å²) >= 11 is 6.11. The molecule has 6 nitrogen and oxygen atoms in total. The molecule has 0 saturated carbocycles. The first-order chi connectivity index (χ1) is 15.1. The molecule has 2 atom stereocenters. The van der Waals surface area contributed by atoms with Crippen molar-refractivity contribution in [3.05, 3.63) is 70.1 Å². The number of hydrogen-bond donors (Lipinski definition) is 2. The van der Waals surface area contributed by atoms with Crippen LogP contribution in [0, 0.1) is 12.7 Å². The highest BCUT2D eigenvalue weighted by atomic mass is 35.5. The van der Waals surface area contributed by atoms with Gasteiger partial charge < -0.3 is 19.9 Å². The summed E-state index contributed by atoms with van der Waals surface area (Å²) in [5.41, 5.74) is 1.98. The average Bonchev–Trinajstić information content (AvgIpc) is 2.72. The number of rotatable bonds is 4. The number of fused-ring (bicyclic) bond motifs is 2. The van der Waals surface area contributed by atoms with Gasteiger partial charge in [0.15, 0.2) is 6.10 Å². The second-order valence-electron chi connectivity index (χ2n) is 8.45. The lowest BCUT2D eigenvalue weighted by molar-refractivity contribution is -0.113. The number of aryl methyl sites for hydroxylation is 1. The maximum atomic E-state index is 13.0. The van der Waals surface area contributed by atoms with Gasteiger partial charge in [-0.25, -0.2) is 14.2 Å². The number of amides is 1. The van der Waals surface area contributed by atoms with Crippen molar-refractivity contribution < 1.29 is 23.8 Å². The number of benzene rings is 2. The lowest BCUT2D eigenvalue weighted by Crippen LogP contribution is -2.50. The first-order valence-corrected chi connectivity index (χ1v) is 10.7. The number of nitrogens with zero attached hydrogens (tertiary/aromatic N) is 1. The molecule has 3 aromatic rings. The van der Waals surface area contributed by atoms with Crippen LogP contribution >= 0.6 is 11.6 Å². The summed E-state index contributed by atoms with van der Waals surface area (Å²) in [4.78, 5) is 16.9. The first kappa shape index (κ1) is 22.3. The Hall–Kier alpha value is -2.90. The van der Waals surface area contributed by atoms with Crippen LogP contribution in [0.2, 0.25) is 5.15 Å². The molecular formula is C24H24ClFN2O4. The molecule has 2 heterocycles. The highest BCUT2D eigenvalue weighted by Crippen LogP contribution is 2.44. The van der Waals surface area contributed by atoms with Gasteiger partial charge in [-0.3, -0.25) is 0 Å². The third kappa shape index (κ3) is 4.49. The van der Waals surface area contributed by atoms with Gasteiger partial charge in [-0.05, 0) is 68.7 Å². The maximum absolute atomic E-state index is 13.0. The zero-order chi connectivity index (χ0) is 23.0. The SMILES string of the molecule is Cc1cc(Cl)nc2cc3c(cc12)OC(C)(C)[C@H](O)[C@H]3OC(=O)NCCc1ccc(F)cc1. The van der Waals surface area contributed by atoms with Gasteiger partial charge in [0.2, 0.25) is 0 Å². The molecule has 1 aliphatic rings.